The van der Waals surface area contributed by atoms with E-state index in [4.69, 9.17) is 9.84 Å². The lowest BCUT2D eigenvalue weighted by Gasteiger charge is -2.26. The van der Waals surface area contributed by atoms with Crippen molar-refractivity contribution in [1.29, 1.82) is 0 Å². The number of carbonyl (C=O) groups is 4. The summed E-state index contributed by atoms with van der Waals surface area (Å²) in [6.45, 7) is 10.1. The van der Waals surface area contributed by atoms with Crippen LogP contribution >= 0.6 is 11.3 Å². The van der Waals surface area contributed by atoms with Crippen molar-refractivity contribution in [3.05, 3.63) is 17.0 Å². The number of ether oxygens (including phenoxy) is 1. The van der Waals surface area contributed by atoms with Gasteiger partial charge in [-0.3, -0.25) is 9.59 Å². The number of amides is 3. The lowest BCUT2D eigenvalue weighted by molar-refractivity contribution is -0.128. The molecule has 0 aromatic carbocycles. The van der Waals surface area contributed by atoms with Crippen LogP contribution < -0.4 is 16.0 Å². The van der Waals surface area contributed by atoms with Gasteiger partial charge in [0.25, 0.3) is 0 Å². The summed E-state index contributed by atoms with van der Waals surface area (Å²) in [7, 11) is 0. The second-order valence-corrected chi connectivity index (χ2v) is 8.64. The Labute approximate surface area is 167 Å². The molecule has 0 fully saturated rings. The molecule has 0 aliphatic rings. The number of nitrogens with one attached hydrogen (secondary N) is 3. The minimum Gasteiger partial charge on any atom is -0.477 e. The monoisotopic (exact) mass is 413 g/mol. The maximum absolute atomic E-state index is 12.5. The van der Waals surface area contributed by atoms with Gasteiger partial charge in [-0.2, -0.15) is 0 Å². The Morgan fingerprint density at radius 1 is 1.04 bits per heavy atom. The molecule has 0 bridgehead atoms. The van der Waals surface area contributed by atoms with Gasteiger partial charge in [0.2, 0.25) is 11.8 Å². The third kappa shape index (κ3) is 7.55. The Bertz CT molecular complexity index is 738. The van der Waals surface area contributed by atoms with Crippen LogP contribution in [0.2, 0.25) is 0 Å². The van der Waals surface area contributed by atoms with Crippen LogP contribution in [-0.2, 0) is 14.3 Å². The van der Waals surface area contributed by atoms with Crippen LogP contribution in [0.5, 0.6) is 0 Å². The normalized spacial score (nSPS) is 13.4. The summed E-state index contributed by atoms with van der Waals surface area (Å²) in [6, 6.07) is 1.07. The predicted molar refractivity (Wildman–Crippen MR) is 106 cm³/mol. The molecule has 1 heterocycles. The molecule has 10 heteroatoms. The highest BCUT2D eigenvalue weighted by molar-refractivity contribution is 7.18. The van der Waals surface area contributed by atoms with Crippen molar-refractivity contribution in [2.24, 2.45) is 5.92 Å². The number of hydrogen-bond acceptors (Lipinski definition) is 6. The van der Waals surface area contributed by atoms with Crippen LogP contribution in [0, 0.1) is 5.92 Å². The van der Waals surface area contributed by atoms with Gasteiger partial charge in [-0.1, -0.05) is 13.8 Å². The Morgan fingerprint density at radius 3 is 2.11 bits per heavy atom. The first-order valence-electron chi connectivity index (χ1n) is 8.74. The number of alkyl carbamates (subject to hydrolysis) is 1. The topological polar surface area (TPSA) is 134 Å². The smallest absolute Gasteiger partial charge is 0.408 e. The standard InChI is InChI=1S/C18H27N3O6S/c1-9(2)13(21-17(26)27-18(4,5)6)15(23)19-10(3)14(22)20-12-8-7-11(28-12)16(24)25/h7-10,13H,1-6H3,(H,19,23)(H,20,22)(H,21,26)(H,24,25). The quantitative estimate of drug-likeness (QED) is 0.542. The summed E-state index contributed by atoms with van der Waals surface area (Å²) in [4.78, 5) is 47.7. The molecule has 28 heavy (non-hydrogen) atoms. The molecular weight excluding hydrogens is 386 g/mol. The Morgan fingerprint density at radius 2 is 1.64 bits per heavy atom. The van der Waals surface area contributed by atoms with E-state index in [1.807, 2.05) is 0 Å². The van der Waals surface area contributed by atoms with Crippen LogP contribution in [0.4, 0.5) is 9.80 Å². The Hall–Kier alpha value is -2.62. The maximum Gasteiger partial charge on any atom is 0.408 e. The van der Waals surface area contributed by atoms with Gasteiger partial charge in [0.1, 0.15) is 22.6 Å². The Balaban J connectivity index is 2.68. The summed E-state index contributed by atoms with van der Waals surface area (Å²) in [5.74, 6) is -2.36. The minimum absolute atomic E-state index is 0.0911. The van der Waals surface area contributed by atoms with Crippen LogP contribution in [0.15, 0.2) is 12.1 Å². The molecule has 0 saturated heterocycles. The van der Waals surface area contributed by atoms with E-state index in [1.165, 1.54) is 19.1 Å². The van der Waals surface area contributed by atoms with Crippen LogP contribution in [0.3, 0.4) is 0 Å². The first-order chi connectivity index (χ1) is 12.8. The fourth-order valence-corrected chi connectivity index (χ4v) is 2.84. The lowest BCUT2D eigenvalue weighted by Crippen LogP contribution is -2.54. The van der Waals surface area contributed by atoms with Crippen molar-refractivity contribution in [2.45, 2.75) is 59.2 Å². The lowest BCUT2D eigenvalue weighted by atomic mass is 10.0. The van der Waals surface area contributed by atoms with Crippen molar-refractivity contribution < 1.29 is 29.0 Å². The molecule has 1 rings (SSSR count). The van der Waals surface area contributed by atoms with Crippen molar-refractivity contribution in [2.75, 3.05) is 5.32 Å². The first kappa shape index (κ1) is 23.4. The second-order valence-electron chi connectivity index (χ2n) is 7.56. The zero-order chi connectivity index (χ0) is 21.6. The molecule has 0 radical (unpaired) electrons. The van der Waals surface area contributed by atoms with Gasteiger partial charge in [-0.25, -0.2) is 9.59 Å². The fraction of sp³-hybridized carbons (Fsp3) is 0.556. The molecule has 2 atom stereocenters. The number of carbonyl (C=O) groups excluding carboxylic acids is 3. The highest BCUT2D eigenvalue weighted by Crippen LogP contribution is 2.21. The maximum atomic E-state index is 12.5. The Kier molecular flexibility index (Phi) is 7.98. The summed E-state index contributed by atoms with van der Waals surface area (Å²) in [5, 5.41) is 16.9. The summed E-state index contributed by atoms with van der Waals surface area (Å²) >= 11 is 0.913. The van der Waals surface area contributed by atoms with Gasteiger partial charge in [-0.05, 0) is 45.7 Å². The molecule has 0 aliphatic carbocycles. The average molecular weight is 413 g/mol. The molecule has 9 nitrogen and oxygen atoms in total. The van der Waals surface area contributed by atoms with E-state index in [0.29, 0.717) is 5.00 Å². The largest absolute Gasteiger partial charge is 0.477 e. The van der Waals surface area contributed by atoms with E-state index in [-0.39, 0.29) is 10.8 Å². The van der Waals surface area contributed by atoms with Gasteiger partial charge in [0, 0.05) is 0 Å². The summed E-state index contributed by atoms with van der Waals surface area (Å²) in [6.07, 6.45) is -0.724. The van der Waals surface area contributed by atoms with Crippen molar-refractivity contribution in [3.63, 3.8) is 0 Å². The number of hydrogen-bond donors (Lipinski definition) is 4. The van der Waals surface area contributed by atoms with E-state index < -0.39 is 41.6 Å². The number of rotatable bonds is 7. The third-order valence-corrected chi connectivity index (χ3v) is 4.43. The van der Waals surface area contributed by atoms with E-state index in [0.717, 1.165) is 11.3 Å². The number of anilines is 1. The number of carboxylic acid groups (broad SMARTS) is 1. The first-order valence-corrected chi connectivity index (χ1v) is 9.55. The third-order valence-electron chi connectivity index (χ3n) is 3.44. The van der Waals surface area contributed by atoms with Crippen molar-refractivity contribution in [1.82, 2.24) is 10.6 Å². The molecule has 0 saturated carbocycles. The predicted octanol–water partition coefficient (Wildman–Crippen LogP) is 2.44. The van der Waals surface area contributed by atoms with Gasteiger partial charge in [0.05, 0.1) is 5.00 Å². The summed E-state index contributed by atoms with van der Waals surface area (Å²) in [5.41, 5.74) is -0.704. The van der Waals surface area contributed by atoms with E-state index in [9.17, 15) is 19.2 Å². The van der Waals surface area contributed by atoms with Crippen molar-refractivity contribution in [3.8, 4) is 0 Å². The average Bonchev–Trinajstić information content (AvgIpc) is 2.99. The molecule has 2 unspecified atom stereocenters. The fourth-order valence-electron chi connectivity index (χ4n) is 2.09. The van der Waals surface area contributed by atoms with Crippen LogP contribution in [-0.4, -0.2) is 46.7 Å². The van der Waals surface area contributed by atoms with Crippen LogP contribution in [0.1, 0.15) is 51.2 Å². The van der Waals surface area contributed by atoms with Gasteiger partial charge in [-0.15, -0.1) is 11.3 Å². The van der Waals surface area contributed by atoms with E-state index >= 15 is 0 Å². The van der Waals surface area contributed by atoms with Gasteiger partial charge < -0.3 is 25.8 Å². The number of aromatic carboxylic acids is 1. The van der Waals surface area contributed by atoms with E-state index in [1.54, 1.807) is 34.6 Å². The highest BCUT2D eigenvalue weighted by Gasteiger charge is 2.29. The number of thiophene rings is 1. The molecule has 3 amide bonds. The van der Waals surface area contributed by atoms with Crippen LogP contribution in [0.25, 0.3) is 0 Å². The zero-order valence-corrected chi connectivity index (χ0v) is 17.6. The SMILES string of the molecule is CC(NC(=O)C(NC(=O)OC(C)(C)C)C(C)C)C(=O)Nc1ccc(C(=O)O)s1. The molecule has 4 N–H and O–H groups in total. The second kappa shape index (κ2) is 9.54. The molecule has 1 aromatic rings. The minimum atomic E-state index is -1.08. The molecule has 0 spiro atoms. The van der Waals surface area contributed by atoms with E-state index in [2.05, 4.69) is 16.0 Å². The number of carboxylic acids is 1. The van der Waals surface area contributed by atoms with Gasteiger partial charge in [0.15, 0.2) is 0 Å². The molecule has 1 aromatic heterocycles. The molecule has 0 aliphatic heterocycles. The summed E-state index contributed by atoms with van der Waals surface area (Å²) < 4.78 is 5.17. The van der Waals surface area contributed by atoms with Crippen molar-refractivity contribution >= 4 is 40.2 Å². The molecular formula is C18H27N3O6S. The zero-order valence-electron chi connectivity index (χ0n) is 16.8. The van der Waals surface area contributed by atoms with Gasteiger partial charge >= 0.3 is 12.1 Å². The molecule has 156 valence electrons. The highest BCUT2D eigenvalue weighted by atomic mass is 32.1.